The van der Waals surface area contributed by atoms with E-state index in [0.29, 0.717) is 17.9 Å². The first kappa shape index (κ1) is 14.5. The van der Waals surface area contributed by atoms with E-state index >= 15 is 0 Å². The van der Waals surface area contributed by atoms with Gasteiger partial charge in [-0.05, 0) is 37.8 Å². The number of aromatic carboxylic acids is 1. The number of hydrogen-bond acceptors (Lipinski definition) is 3. The van der Waals surface area contributed by atoms with Crippen molar-refractivity contribution >= 4 is 17.6 Å². The fourth-order valence-electron chi connectivity index (χ4n) is 2.43. The molecular formula is C15H19NO4. The smallest absolute Gasteiger partial charge is 0.338 e. The SMILES string of the molecule is Cc1cccc(NC(=O)CC2CCCCO2)c1C(=O)O. The van der Waals surface area contributed by atoms with Gasteiger partial charge in [0, 0.05) is 6.61 Å². The van der Waals surface area contributed by atoms with Gasteiger partial charge in [-0.15, -0.1) is 0 Å². The lowest BCUT2D eigenvalue weighted by atomic mass is 10.0. The first-order chi connectivity index (χ1) is 9.58. The number of carbonyl (C=O) groups is 2. The van der Waals surface area contributed by atoms with Crippen molar-refractivity contribution in [1.82, 2.24) is 0 Å². The summed E-state index contributed by atoms with van der Waals surface area (Å²) in [6.07, 6.45) is 3.21. The lowest BCUT2D eigenvalue weighted by Crippen LogP contribution is -2.26. The lowest BCUT2D eigenvalue weighted by Gasteiger charge is -2.22. The van der Waals surface area contributed by atoms with E-state index in [4.69, 9.17) is 4.74 Å². The highest BCUT2D eigenvalue weighted by Crippen LogP contribution is 2.21. The van der Waals surface area contributed by atoms with Crippen LogP contribution in [0.25, 0.3) is 0 Å². The maximum atomic E-state index is 12.0. The molecule has 20 heavy (non-hydrogen) atoms. The average molecular weight is 277 g/mol. The highest BCUT2D eigenvalue weighted by Gasteiger charge is 2.19. The minimum absolute atomic E-state index is 0.0539. The summed E-state index contributed by atoms with van der Waals surface area (Å²) in [7, 11) is 0. The fourth-order valence-corrected chi connectivity index (χ4v) is 2.43. The molecule has 1 heterocycles. The summed E-state index contributed by atoms with van der Waals surface area (Å²) >= 11 is 0. The minimum Gasteiger partial charge on any atom is -0.478 e. The van der Waals surface area contributed by atoms with Crippen LogP contribution < -0.4 is 5.32 Å². The van der Waals surface area contributed by atoms with Gasteiger partial charge in [0.25, 0.3) is 0 Å². The van der Waals surface area contributed by atoms with E-state index in [9.17, 15) is 14.7 Å². The number of carboxylic acid groups (broad SMARTS) is 1. The van der Waals surface area contributed by atoms with Crippen molar-refractivity contribution in [2.24, 2.45) is 0 Å². The van der Waals surface area contributed by atoms with Crippen LogP contribution in [0.5, 0.6) is 0 Å². The molecule has 1 fully saturated rings. The Morgan fingerprint density at radius 2 is 2.20 bits per heavy atom. The quantitative estimate of drug-likeness (QED) is 0.887. The molecule has 0 spiro atoms. The second-order valence-electron chi connectivity index (χ2n) is 5.04. The average Bonchev–Trinajstić information content (AvgIpc) is 2.39. The molecule has 1 unspecified atom stereocenters. The number of hydrogen-bond donors (Lipinski definition) is 2. The van der Waals surface area contributed by atoms with Crippen LogP contribution in [-0.4, -0.2) is 29.7 Å². The van der Waals surface area contributed by atoms with E-state index in [1.165, 1.54) is 0 Å². The first-order valence-corrected chi connectivity index (χ1v) is 6.82. The van der Waals surface area contributed by atoms with E-state index in [0.717, 1.165) is 19.3 Å². The summed E-state index contributed by atoms with van der Waals surface area (Å²) in [6.45, 7) is 2.41. The Kier molecular flexibility index (Phi) is 4.74. The van der Waals surface area contributed by atoms with Crippen molar-refractivity contribution in [2.75, 3.05) is 11.9 Å². The van der Waals surface area contributed by atoms with Gasteiger partial charge in [0.1, 0.15) is 0 Å². The third-order valence-electron chi connectivity index (χ3n) is 3.45. The van der Waals surface area contributed by atoms with Crippen molar-refractivity contribution in [3.8, 4) is 0 Å². The molecule has 1 amide bonds. The molecule has 1 aromatic carbocycles. The Labute approximate surface area is 117 Å². The number of anilines is 1. The van der Waals surface area contributed by atoms with Crippen LogP contribution in [0.1, 0.15) is 41.6 Å². The Bertz CT molecular complexity index is 507. The molecule has 0 radical (unpaired) electrons. The standard InChI is InChI=1S/C15H19NO4/c1-10-5-4-7-12(14(10)15(18)19)16-13(17)9-11-6-2-3-8-20-11/h4-5,7,11H,2-3,6,8-9H2,1H3,(H,16,17)(H,18,19). The van der Waals surface area contributed by atoms with Gasteiger partial charge in [0.05, 0.1) is 23.8 Å². The topological polar surface area (TPSA) is 75.6 Å². The molecule has 0 aromatic heterocycles. The molecule has 108 valence electrons. The monoisotopic (exact) mass is 277 g/mol. The van der Waals surface area contributed by atoms with E-state index in [1.807, 2.05) is 0 Å². The van der Waals surface area contributed by atoms with Crippen molar-refractivity contribution in [1.29, 1.82) is 0 Å². The highest BCUT2D eigenvalue weighted by atomic mass is 16.5. The number of benzene rings is 1. The highest BCUT2D eigenvalue weighted by molar-refractivity contribution is 6.01. The second kappa shape index (κ2) is 6.52. The molecule has 1 saturated heterocycles. The fraction of sp³-hybridized carbons (Fsp3) is 0.467. The van der Waals surface area contributed by atoms with E-state index < -0.39 is 5.97 Å². The van der Waals surface area contributed by atoms with Gasteiger partial charge in [-0.2, -0.15) is 0 Å². The zero-order chi connectivity index (χ0) is 14.5. The Morgan fingerprint density at radius 1 is 1.40 bits per heavy atom. The number of ether oxygens (including phenoxy) is 1. The van der Waals surface area contributed by atoms with Crippen molar-refractivity contribution in [3.63, 3.8) is 0 Å². The van der Waals surface area contributed by atoms with Gasteiger partial charge in [0.2, 0.25) is 5.91 Å². The molecule has 0 aliphatic carbocycles. The summed E-state index contributed by atoms with van der Waals surface area (Å²) in [5.41, 5.74) is 1.12. The third-order valence-corrected chi connectivity index (χ3v) is 3.45. The third kappa shape index (κ3) is 3.57. The second-order valence-corrected chi connectivity index (χ2v) is 5.04. The molecule has 5 nitrogen and oxygen atoms in total. The molecule has 2 rings (SSSR count). The van der Waals surface area contributed by atoms with Crippen LogP contribution in [0.15, 0.2) is 18.2 Å². The van der Waals surface area contributed by atoms with Crippen LogP contribution in [0.4, 0.5) is 5.69 Å². The molecule has 0 saturated carbocycles. The molecule has 1 aromatic rings. The normalized spacial score (nSPS) is 18.6. The van der Waals surface area contributed by atoms with Crippen molar-refractivity contribution in [3.05, 3.63) is 29.3 Å². The lowest BCUT2D eigenvalue weighted by molar-refractivity contribution is -0.119. The van der Waals surface area contributed by atoms with Gasteiger partial charge in [0.15, 0.2) is 0 Å². The first-order valence-electron chi connectivity index (χ1n) is 6.82. The van der Waals surface area contributed by atoms with Crippen LogP contribution >= 0.6 is 0 Å². The molecule has 5 heteroatoms. The molecule has 1 atom stereocenters. The summed E-state index contributed by atoms with van der Waals surface area (Å²) < 4.78 is 5.51. The molecular weight excluding hydrogens is 258 g/mol. The van der Waals surface area contributed by atoms with Gasteiger partial charge in [-0.3, -0.25) is 4.79 Å². The van der Waals surface area contributed by atoms with Gasteiger partial charge >= 0.3 is 5.97 Å². The molecule has 1 aliphatic rings. The number of nitrogens with one attached hydrogen (secondary N) is 1. The zero-order valence-corrected chi connectivity index (χ0v) is 11.5. The molecule has 1 aliphatic heterocycles. The van der Waals surface area contributed by atoms with Gasteiger partial charge in [-0.1, -0.05) is 12.1 Å². The van der Waals surface area contributed by atoms with Crippen LogP contribution in [0.3, 0.4) is 0 Å². The minimum atomic E-state index is -1.03. The Morgan fingerprint density at radius 3 is 2.85 bits per heavy atom. The number of carboxylic acids is 1. The van der Waals surface area contributed by atoms with Crippen molar-refractivity contribution in [2.45, 2.75) is 38.7 Å². The summed E-state index contributed by atoms with van der Waals surface area (Å²) in [4.78, 5) is 23.2. The molecule has 2 N–H and O–H groups in total. The van der Waals surface area contributed by atoms with Gasteiger partial charge < -0.3 is 15.2 Å². The van der Waals surface area contributed by atoms with Crippen LogP contribution in [0.2, 0.25) is 0 Å². The van der Waals surface area contributed by atoms with Gasteiger partial charge in [-0.25, -0.2) is 4.79 Å². The summed E-state index contributed by atoms with van der Waals surface area (Å²) in [5, 5.41) is 11.9. The number of carbonyl (C=O) groups excluding carboxylic acids is 1. The molecule has 0 bridgehead atoms. The Balaban J connectivity index is 2.04. The Hall–Kier alpha value is -1.88. The predicted molar refractivity (Wildman–Crippen MR) is 75.0 cm³/mol. The maximum Gasteiger partial charge on any atom is 0.338 e. The summed E-state index contributed by atoms with van der Waals surface area (Å²) in [6, 6.07) is 5.05. The zero-order valence-electron chi connectivity index (χ0n) is 11.5. The number of rotatable bonds is 4. The number of amides is 1. The largest absolute Gasteiger partial charge is 0.478 e. The van der Waals surface area contributed by atoms with E-state index in [2.05, 4.69) is 5.32 Å². The predicted octanol–water partition coefficient (Wildman–Crippen LogP) is 2.59. The number of aryl methyl sites for hydroxylation is 1. The van der Waals surface area contributed by atoms with Crippen LogP contribution in [0, 0.1) is 6.92 Å². The van der Waals surface area contributed by atoms with Crippen molar-refractivity contribution < 1.29 is 19.4 Å². The van der Waals surface area contributed by atoms with E-state index in [1.54, 1.807) is 25.1 Å². The summed E-state index contributed by atoms with van der Waals surface area (Å²) in [5.74, 6) is -1.24. The van der Waals surface area contributed by atoms with E-state index in [-0.39, 0.29) is 24.0 Å². The maximum absolute atomic E-state index is 12.0. The van der Waals surface area contributed by atoms with Crippen LogP contribution in [-0.2, 0) is 9.53 Å².